The van der Waals surface area contributed by atoms with Crippen LogP contribution in [0.1, 0.15) is 22.7 Å². The Kier molecular flexibility index (Phi) is 6.22. The van der Waals surface area contributed by atoms with Crippen LogP contribution in [-0.4, -0.2) is 42.7 Å². The van der Waals surface area contributed by atoms with Crippen LogP contribution in [0.15, 0.2) is 56.8 Å². The Labute approximate surface area is 157 Å². The molecule has 1 aromatic heterocycles. The first-order chi connectivity index (χ1) is 12.7. The highest BCUT2D eigenvalue weighted by molar-refractivity contribution is 7.99. The summed E-state index contributed by atoms with van der Waals surface area (Å²) < 4.78 is 5.40. The Balaban J connectivity index is 1.47. The van der Waals surface area contributed by atoms with E-state index in [0.29, 0.717) is 18.2 Å². The molecule has 0 aliphatic carbocycles. The van der Waals surface area contributed by atoms with Gasteiger partial charge in [0.2, 0.25) is 0 Å². The summed E-state index contributed by atoms with van der Waals surface area (Å²) in [5, 5.41) is 3.30. The molecule has 138 valence electrons. The third-order valence-corrected chi connectivity index (χ3v) is 5.59. The fourth-order valence-electron chi connectivity index (χ4n) is 3.00. The minimum absolute atomic E-state index is 0.177. The van der Waals surface area contributed by atoms with Gasteiger partial charge in [0.15, 0.2) is 11.7 Å². The molecule has 3 rings (SSSR count). The molecule has 1 fully saturated rings. The number of thioether (sulfide) groups is 1. The summed E-state index contributed by atoms with van der Waals surface area (Å²) in [6.45, 7) is 2.45. The van der Waals surface area contributed by atoms with Gasteiger partial charge in [0, 0.05) is 30.8 Å². The number of carbonyl (C=O) groups is 1. The highest BCUT2D eigenvalue weighted by Gasteiger charge is 2.25. The van der Waals surface area contributed by atoms with E-state index in [9.17, 15) is 4.79 Å². The van der Waals surface area contributed by atoms with Gasteiger partial charge in [-0.2, -0.15) is 0 Å². The molecule has 2 heterocycles. The SMILES string of the molecule is CN=C(NCc1ccc(C(N)=O)o1)N1CCC(CSc2ccccc2)C1. The van der Waals surface area contributed by atoms with E-state index in [0.717, 1.165) is 31.2 Å². The number of nitrogens with two attached hydrogens (primary N) is 1. The fourth-order valence-corrected chi connectivity index (χ4v) is 4.05. The Bertz CT molecular complexity index is 760. The molecular formula is C19H24N4O2S. The maximum absolute atomic E-state index is 11.1. The second-order valence-corrected chi connectivity index (χ2v) is 7.35. The number of rotatable bonds is 6. The van der Waals surface area contributed by atoms with Crippen molar-refractivity contribution in [3.8, 4) is 0 Å². The van der Waals surface area contributed by atoms with Crippen molar-refractivity contribution in [2.24, 2.45) is 16.6 Å². The first-order valence-electron chi connectivity index (χ1n) is 8.67. The molecule has 1 amide bonds. The lowest BCUT2D eigenvalue weighted by Crippen LogP contribution is -2.39. The molecular weight excluding hydrogens is 348 g/mol. The third kappa shape index (κ3) is 4.82. The number of furan rings is 1. The standard InChI is InChI=1S/C19H24N4O2S/c1-21-19(22-11-15-7-8-17(25-15)18(20)24)23-10-9-14(12-23)13-26-16-5-3-2-4-6-16/h2-8,14H,9-13H2,1H3,(H2,20,24)(H,21,22). The molecule has 26 heavy (non-hydrogen) atoms. The topological polar surface area (TPSA) is 83.9 Å². The van der Waals surface area contributed by atoms with Crippen LogP contribution < -0.4 is 11.1 Å². The number of aliphatic imine (C=N–C) groups is 1. The Hall–Kier alpha value is -2.41. The van der Waals surface area contributed by atoms with Crippen LogP contribution in [0.4, 0.5) is 0 Å². The van der Waals surface area contributed by atoms with Gasteiger partial charge in [-0.1, -0.05) is 18.2 Å². The number of carbonyl (C=O) groups excluding carboxylic acids is 1. The molecule has 0 bridgehead atoms. The second-order valence-electron chi connectivity index (χ2n) is 6.26. The summed E-state index contributed by atoms with van der Waals surface area (Å²) in [6.07, 6.45) is 1.16. The minimum Gasteiger partial charge on any atom is -0.454 e. The molecule has 1 aromatic carbocycles. The first-order valence-corrected chi connectivity index (χ1v) is 9.66. The van der Waals surface area contributed by atoms with Crippen LogP contribution in [0, 0.1) is 5.92 Å². The van der Waals surface area contributed by atoms with Gasteiger partial charge in [0.25, 0.3) is 5.91 Å². The van der Waals surface area contributed by atoms with Crippen LogP contribution in [-0.2, 0) is 6.54 Å². The van der Waals surface area contributed by atoms with Gasteiger partial charge in [0.1, 0.15) is 5.76 Å². The van der Waals surface area contributed by atoms with Crippen molar-refractivity contribution < 1.29 is 9.21 Å². The molecule has 0 spiro atoms. The van der Waals surface area contributed by atoms with Gasteiger partial charge in [-0.05, 0) is 36.6 Å². The van der Waals surface area contributed by atoms with Gasteiger partial charge >= 0.3 is 0 Å². The summed E-state index contributed by atoms with van der Waals surface area (Å²) in [6, 6.07) is 13.9. The molecule has 7 heteroatoms. The first kappa shape index (κ1) is 18.4. The Morgan fingerprint density at radius 1 is 1.35 bits per heavy atom. The summed E-state index contributed by atoms with van der Waals surface area (Å²) in [4.78, 5) is 19.1. The molecule has 1 atom stereocenters. The highest BCUT2D eigenvalue weighted by Crippen LogP contribution is 2.25. The van der Waals surface area contributed by atoms with Crippen LogP contribution in [0.25, 0.3) is 0 Å². The summed E-state index contributed by atoms with van der Waals surface area (Å²) in [5.74, 6) is 2.89. The van der Waals surface area contributed by atoms with E-state index in [4.69, 9.17) is 10.2 Å². The molecule has 1 saturated heterocycles. The molecule has 6 nitrogen and oxygen atoms in total. The number of primary amides is 1. The zero-order valence-corrected chi connectivity index (χ0v) is 15.7. The molecule has 3 N–H and O–H groups in total. The molecule has 0 saturated carbocycles. The molecule has 2 aromatic rings. The van der Waals surface area contributed by atoms with Gasteiger partial charge in [-0.25, -0.2) is 0 Å². The molecule has 0 radical (unpaired) electrons. The quantitative estimate of drug-likeness (QED) is 0.463. The van der Waals surface area contributed by atoms with Gasteiger partial charge in [-0.15, -0.1) is 11.8 Å². The van der Waals surface area contributed by atoms with E-state index in [1.807, 2.05) is 17.8 Å². The number of hydrogen-bond donors (Lipinski definition) is 2. The van der Waals surface area contributed by atoms with Crippen molar-refractivity contribution in [1.29, 1.82) is 0 Å². The number of amides is 1. The highest BCUT2D eigenvalue weighted by atomic mass is 32.2. The van der Waals surface area contributed by atoms with Gasteiger partial charge in [-0.3, -0.25) is 9.79 Å². The number of hydrogen-bond acceptors (Lipinski definition) is 4. The van der Waals surface area contributed by atoms with Crippen molar-refractivity contribution in [2.45, 2.75) is 17.9 Å². The van der Waals surface area contributed by atoms with Crippen molar-refractivity contribution in [3.63, 3.8) is 0 Å². The maximum atomic E-state index is 11.1. The van der Waals surface area contributed by atoms with Crippen molar-refractivity contribution >= 4 is 23.6 Å². The van der Waals surface area contributed by atoms with Crippen LogP contribution in [0.3, 0.4) is 0 Å². The zero-order chi connectivity index (χ0) is 18.4. The van der Waals surface area contributed by atoms with Crippen LogP contribution in [0.2, 0.25) is 0 Å². The minimum atomic E-state index is -0.557. The van der Waals surface area contributed by atoms with Crippen molar-refractivity contribution in [2.75, 3.05) is 25.9 Å². The summed E-state index contributed by atoms with van der Waals surface area (Å²) in [7, 11) is 1.78. The normalized spacial score (nSPS) is 17.5. The fraction of sp³-hybridized carbons (Fsp3) is 0.368. The van der Waals surface area contributed by atoms with Gasteiger partial charge < -0.3 is 20.4 Å². The number of guanidine groups is 1. The van der Waals surface area contributed by atoms with Gasteiger partial charge in [0.05, 0.1) is 6.54 Å². The smallest absolute Gasteiger partial charge is 0.284 e. The summed E-state index contributed by atoms with van der Waals surface area (Å²) in [5.41, 5.74) is 5.21. The van der Waals surface area contributed by atoms with E-state index in [-0.39, 0.29) is 5.76 Å². The molecule has 1 aliphatic rings. The number of nitrogens with one attached hydrogen (secondary N) is 1. The van der Waals surface area contributed by atoms with E-state index < -0.39 is 5.91 Å². The third-order valence-electron chi connectivity index (χ3n) is 4.35. The predicted molar refractivity (Wildman–Crippen MR) is 104 cm³/mol. The number of benzene rings is 1. The maximum Gasteiger partial charge on any atom is 0.284 e. The number of likely N-dealkylation sites (tertiary alicyclic amines) is 1. The van der Waals surface area contributed by atoms with E-state index in [2.05, 4.69) is 39.5 Å². The van der Waals surface area contributed by atoms with E-state index in [1.54, 1.807) is 19.2 Å². The van der Waals surface area contributed by atoms with E-state index in [1.165, 1.54) is 4.90 Å². The molecule has 1 unspecified atom stereocenters. The Morgan fingerprint density at radius 3 is 2.85 bits per heavy atom. The summed E-state index contributed by atoms with van der Waals surface area (Å²) >= 11 is 1.91. The van der Waals surface area contributed by atoms with Crippen molar-refractivity contribution in [3.05, 3.63) is 54.0 Å². The largest absolute Gasteiger partial charge is 0.454 e. The number of nitrogens with zero attached hydrogens (tertiary/aromatic N) is 2. The lowest BCUT2D eigenvalue weighted by Gasteiger charge is -2.21. The van der Waals surface area contributed by atoms with Crippen LogP contribution >= 0.6 is 11.8 Å². The second kappa shape index (κ2) is 8.80. The predicted octanol–water partition coefficient (Wildman–Crippen LogP) is 2.57. The lowest BCUT2D eigenvalue weighted by atomic mass is 10.2. The molecule has 1 aliphatic heterocycles. The average Bonchev–Trinajstić information content (AvgIpc) is 3.31. The Morgan fingerprint density at radius 2 is 2.15 bits per heavy atom. The zero-order valence-electron chi connectivity index (χ0n) is 14.9. The van der Waals surface area contributed by atoms with Crippen LogP contribution in [0.5, 0.6) is 0 Å². The lowest BCUT2D eigenvalue weighted by molar-refractivity contribution is 0.0972. The average molecular weight is 372 g/mol. The van der Waals surface area contributed by atoms with Crippen molar-refractivity contribution in [1.82, 2.24) is 10.2 Å². The monoisotopic (exact) mass is 372 g/mol. The van der Waals surface area contributed by atoms with E-state index >= 15 is 0 Å².